The van der Waals surface area contributed by atoms with E-state index in [1.807, 2.05) is 76.7 Å². The number of thioether (sulfide) groups is 1. The van der Waals surface area contributed by atoms with Crippen molar-refractivity contribution < 1.29 is 9.53 Å². The summed E-state index contributed by atoms with van der Waals surface area (Å²) >= 11 is 3.00. The summed E-state index contributed by atoms with van der Waals surface area (Å²) in [6.07, 6.45) is 2.08. The summed E-state index contributed by atoms with van der Waals surface area (Å²) in [4.78, 5) is 14.2. The molecule has 4 aromatic rings. The molecule has 1 aliphatic carbocycles. The number of rotatable bonds is 8. The van der Waals surface area contributed by atoms with E-state index in [0.29, 0.717) is 10.9 Å². The maximum Gasteiger partial charge on any atom is 0.238 e. The Hall–Kier alpha value is -3.10. The molecule has 0 spiro atoms. The van der Waals surface area contributed by atoms with Gasteiger partial charge in [0.05, 0.1) is 17.7 Å². The Morgan fingerprint density at radius 3 is 2.59 bits per heavy atom. The fraction of sp³-hybridized carbons (Fsp3) is 0.208. The second kappa shape index (κ2) is 9.18. The zero-order valence-electron chi connectivity index (χ0n) is 17.5. The zero-order chi connectivity index (χ0) is 21.9. The van der Waals surface area contributed by atoms with Crippen LogP contribution in [0.5, 0.6) is 5.75 Å². The number of amides is 1. The van der Waals surface area contributed by atoms with Gasteiger partial charge in [-0.05, 0) is 42.0 Å². The second-order valence-electron chi connectivity index (χ2n) is 7.48. The van der Waals surface area contributed by atoms with Crippen molar-refractivity contribution in [3.8, 4) is 22.1 Å². The number of methoxy groups -OCH3 is 1. The normalized spacial score (nSPS) is 14.2. The Bertz CT molecular complexity index is 1200. The second-order valence-corrected chi connectivity index (χ2v) is 9.50. The maximum absolute atomic E-state index is 13.2. The van der Waals surface area contributed by atoms with Crippen molar-refractivity contribution in [1.29, 1.82) is 0 Å². The fourth-order valence-electron chi connectivity index (χ4n) is 3.45. The first-order chi connectivity index (χ1) is 15.7. The first-order valence-electron chi connectivity index (χ1n) is 10.4. The lowest BCUT2D eigenvalue weighted by Gasteiger charge is -2.18. The third-order valence-electron chi connectivity index (χ3n) is 5.19. The number of carbonyl (C=O) groups excluding carboxylic acids is 1. The highest BCUT2D eigenvalue weighted by molar-refractivity contribution is 8.00. The van der Waals surface area contributed by atoms with Gasteiger partial charge in [0.15, 0.2) is 11.0 Å². The Labute approximate surface area is 194 Å². The summed E-state index contributed by atoms with van der Waals surface area (Å²) in [6.45, 7) is 0. The number of benzene rings is 2. The Balaban J connectivity index is 1.59. The number of nitrogens with one attached hydrogen (secondary N) is 1. The maximum atomic E-state index is 13.2. The Kier molecular flexibility index (Phi) is 5.96. The summed E-state index contributed by atoms with van der Waals surface area (Å²) in [5.41, 5.74) is 1.77. The molecule has 2 aromatic carbocycles. The van der Waals surface area contributed by atoms with Gasteiger partial charge in [0.2, 0.25) is 5.91 Å². The molecule has 0 radical (unpaired) electrons. The lowest BCUT2D eigenvalue weighted by atomic mass is 10.1. The molecule has 1 amide bonds. The smallest absolute Gasteiger partial charge is 0.238 e. The monoisotopic (exact) mass is 462 g/mol. The van der Waals surface area contributed by atoms with Gasteiger partial charge < -0.3 is 10.1 Å². The lowest BCUT2D eigenvalue weighted by Crippen LogP contribution is -2.29. The summed E-state index contributed by atoms with van der Waals surface area (Å²) < 4.78 is 7.61. The van der Waals surface area contributed by atoms with Crippen LogP contribution in [0.2, 0.25) is 0 Å². The van der Waals surface area contributed by atoms with Crippen LogP contribution in [-0.2, 0) is 4.79 Å². The van der Waals surface area contributed by atoms with Crippen molar-refractivity contribution in [2.45, 2.75) is 29.3 Å². The van der Waals surface area contributed by atoms with Crippen molar-refractivity contribution in [2.75, 3.05) is 7.11 Å². The van der Waals surface area contributed by atoms with Crippen LogP contribution in [0, 0.1) is 0 Å². The van der Waals surface area contributed by atoms with E-state index in [0.717, 1.165) is 34.8 Å². The molecule has 1 aliphatic rings. The average molecular weight is 463 g/mol. The first-order valence-corrected chi connectivity index (χ1v) is 12.1. The van der Waals surface area contributed by atoms with Crippen molar-refractivity contribution in [1.82, 2.24) is 20.1 Å². The molecule has 1 N–H and O–H groups in total. The number of hydrogen-bond donors (Lipinski definition) is 1. The van der Waals surface area contributed by atoms with E-state index >= 15 is 0 Å². The average Bonchev–Trinajstić information content (AvgIpc) is 3.31. The van der Waals surface area contributed by atoms with Gasteiger partial charge in [-0.1, -0.05) is 60.3 Å². The van der Waals surface area contributed by atoms with Gasteiger partial charge >= 0.3 is 0 Å². The van der Waals surface area contributed by atoms with Crippen LogP contribution >= 0.6 is 23.1 Å². The number of thiophene rings is 1. The van der Waals surface area contributed by atoms with Gasteiger partial charge in [-0.15, -0.1) is 21.5 Å². The third kappa shape index (κ3) is 4.28. The number of carbonyl (C=O) groups is 1. The molecule has 0 unspecified atom stereocenters. The van der Waals surface area contributed by atoms with E-state index in [2.05, 4.69) is 15.5 Å². The predicted molar refractivity (Wildman–Crippen MR) is 127 cm³/mol. The van der Waals surface area contributed by atoms with E-state index in [-0.39, 0.29) is 11.9 Å². The van der Waals surface area contributed by atoms with E-state index in [1.54, 1.807) is 18.4 Å². The SMILES string of the molecule is COc1ccccc1-n1c(S[C@@H](C(=O)NC2CC2)c2ccccc2)nnc1-c1cccs1. The number of aromatic nitrogens is 3. The topological polar surface area (TPSA) is 69.0 Å². The molecule has 0 saturated heterocycles. The van der Waals surface area contributed by atoms with E-state index < -0.39 is 5.25 Å². The van der Waals surface area contributed by atoms with Crippen LogP contribution < -0.4 is 10.1 Å². The molecule has 2 heterocycles. The van der Waals surface area contributed by atoms with Crippen LogP contribution in [-0.4, -0.2) is 33.8 Å². The molecule has 2 aromatic heterocycles. The summed E-state index contributed by atoms with van der Waals surface area (Å²) in [5, 5.41) is 14.4. The zero-order valence-corrected chi connectivity index (χ0v) is 19.1. The minimum absolute atomic E-state index is 0.00375. The van der Waals surface area contributed by atoms with Crippen molar-refractivity contribution in [3.05, 3.63) is 77.7 Å². The van der Waals surface area contributed by atoms with Crippen LogP contribution in [0.4, 0.5) is 0 Å². The van der Waals surface area contributed by atoms with Crippen molar-refractivity contribution in [2.24, 2.45) is 0 Å². The van der Waals surface area contributed by atoms with Gasteiger partial charge in [-0.3, -0.25) is 9.36 Å². The van der Waals surface area contributed by atoms with E-state index in [9.17, 15) is 4.79 Å². The molecule has 1 fully saturated rings. The van der Waals surface area contributed by atoms with Crippen LogP contribution in [0.15, 0.2) is 77.3 Å². The molecule has 0 bridgehead atoms. The van der Waals surface area contributed by atoms with Crippen molar-refractivity contribution >= 4 is 29.0 Å². The van der Waals surface area contributed by atoms with Gasteiger partial charge in [0, 0.05) is 6.04 Å². The molecule has 1 atom stereocenters. The largest absolute Gasteiger partial charge is 0.495 e. The minimum atomic E-state index is -0.439. The van der Waals surface area contributed by atoms with Crippen molar-refractivity contribution in [3.63, 3.8) is 0 Å². The highest BCUT2D eigenvalue weighted by atomic mass is 32.2. The molecule has 0 aliphatic heterocycles. The van der Waals surface area contributed by atoms with Gasteiger partial charge in [0.25, 0.3) is 0 Å². The van der Waals surface area contributed by atoms with Gasteiger partial charge in [-0.2, -0.15) is 0 Å². The van der Waals surface area contributed by atoms with E-state index in [4.69, 9.17) is 4.74 Å². The van der Waals surface area contributed by atoms with Gasteiger partial charge in [0.1, 0.15) is 11.0 Å². The Morgan fingerprint density at radius 1 is 1.09 bits per heavy atom. The quantitative estimate of drug-likeness (QED) is 0.368. The van der Waals surface area contributed by atoms with Gasteiger partial charge in [-0.25, -0.2) is 0 Å². The molecule has 1 saturated carbocycles. The predicted octanol–water partition coefficient (Wildman–Crippen LogP) is 5.12. The summed E-state index contributed by atoms with van der Waals surface area (Å²) in [7, 11) is 1.65. The fourth-order valence-corrected chi connectivity index (χ4v) is 5.21. The van der Waals surface area contributed by atoms with Crippen LogP contribution in [0.1, 0.15) is 23.7 Å². The standard InChI is InChI=1S/C24H22N4O2S2/c1-30-19-11-6-5-10-18(19)28-22(20-12-7-15-31-20)26-27-24(28)32-21(16-8-3-2-4-9-16)23(29)25-17-13-14-17/h2-12,15,17,21H,13-14H2,1H3,(H,25,29)/t21-/m1/s1. The minimum Gasteiger partial charge on any atom is -0.495 e. The lowest BCUT2D eigenvalue weighted by molar-refractivity contribution is -0.120. The molecule has 32 heavy (non-hydrogen) atoms. The van der Waals surface area contributed by atoms with E-state index in [1.165, 1.54) is 11.8 Å². The molecule has 162 valence electrons. The molecular formula is C24H22N4O2S2. The van der Waals surface area contributed by atoms with Crippen LogP contribution in [0.3, 0.4) is 0 Å². The summed E-state index contributed by atoms with van der Waals surface area (Å²) in [6, 6.07) is 21.9. The highest BCUT2D eigenvalue weighted by Gasteiger charge is 2.31. The number of hydrogen-bond acceptors (Lipinski definition) is 6. The first kappa shape index (κ1) is 20.8. The summed E-state index contributed by atoms with van der Waals surface area (Å²) in [5.74, 6) is 1.43. The third-order valence-corrected chi connectivity index (χ3v) is 7.25. The number of nitrogens with zero attached hydrogens (tertiary/aromatic N) is 3. The number of ether oxygens (including phenoxy) is 1. The molecular weight excluding hydrogens is 440 g/mol. The molecule has 5 rings (SSSR count). The highest BCUT2D eigenvalue weighted by Crippen LogP contribution is 2.40. The molecule has 6 nitrogen and oxygen atoms in total. The Morgan fingerprint density at radius 2 is 1.88 bits per heavy atom. The molecule has 8 heteroatoms. The number of para-hydroxylation sites is 2. The van der Waals surface area contributed by atoms with Crippen LogP contribution in [0.25, 0.3) is 16.4 Å².